The number of carbonyl (C=O) groups excluding carboxylic acids is 1. The highest BCUT2D eigenvalue weighted by molar-refractivity contribution is 9.09. The molecule has 0 aliphatic carbocycles. The predicted octanol–water partition coefficient (Wildman–Crippen LogP) is 3.35. The van der Waals surface area contributed by atoms with Gasteiger partial charge in [-0.3, -0.25) is 4.79 Å². The van der Waals surface area contributed by atoms with Gasteiger partial charge >= 0.3 is 12.1 Å². The molecule has 2 N–H and O–H groups in total. The van der Waals surface area contributed by atoms with E-state index in [9.17, 15) is 9.59 Å². The minimum absolute atomic E-state index is 0.130. The van der Waals surface area contributed by atoms with E-state index >= 15 is 0 Å². The zero-order chi connectivity index (χ0) is 19.2. The standard InChI is InChI=1S/C11H14BrNO2.C7H15NO2/c1-9-3-2-4-10(7-12)5-6-13(8-9)11(14)15;1-4-5-6(8-2)7(9)10-3/h2-4H,1,5-8H2,(H,14,15);6,8H,4-5H2,1-3H3/b3-2-,10-4+;. The lowest BCUT2D eigenvalue weighted by Crippen LogP contribution is -2.34. The molecular formula is C18H29BrN2O4. The minimum atomic E-state index is -0.889. The van der Waals surface area contributed by atoms with Crippen molar-refractivity contribution in [2.45, 2.75) is 32.2 Å². The molecule has 0 spiro atoms. The Kier molecular flexibility index (Phi) is 12.8. The van der Waals surface area contributed by atoms with Gasteiger partial charge in [0.2, 0.25) is 0 Å². The fourth-order valence-electron chi connectivity index (χ4n) is 2.14. The van der Waals surface area contributed by atoms with Crippen molar-refractivity contribution in [3.63, 3.8) is 0 Å². The van der Waals surface area contributed by atoms with Crippen LogP contribution in [0.25, 0.3) is 0 Å². The van der Waals surface area contributed by atoms with E-state index < -0.39 is 6.09 Å². The SMILES string of the molecule is C=C1/C=C\C=C(\CBr)CCN(C(=O)O)C1.CCCC(NC)C(=O)OC. The van der Waals surface area contributed by atoms with Gasteiger partial charge in [0, 0.05) is 18.4 Å². The Morgan fingerprint density at radius 3 is 2.68 bits per heavy atom. The van der Waals surface area contributed by atoms with Gasteiger partial charge in [-0.1, -0.05) is 59.7 Å². The van der Waals surface area contributed by atoms with Crippen LogP contribution in [0.2, 0.25) is 0 Å². The van der Waals surface area contributed by atoms with Crippen molar-refractivity contribution in [3.05, 3.63) is 36.0 Å². The number of likely N-dealkylation sites (N-methyl/N-ethyl adjacent to an activating group) is 1. The van der Waals surface area contributed by atoms with Gasteiger partial charge < -0.3 is 20.1 Å². The molecule has 1 heterocycles. The molecule has 0 bridgehead atoms. The van der Waals surface area contributed by atoms with Crippen molar-refractivity contribution >= 4 is 28.0 Å². The molecule has 1 unspecified atom stereocenters. The second-order valence-electron chi connectivity index (χ2n) is 5.58. The normalized spacial score (nSPS) is 19.1. The summed E-state index contributed by atoms with van der Waals surface area (Å²) >= 11 is 3.38. The number of carbonyl (C=O) groups is 2. The van der Waals surface area contributed by atoms with Gasteiger partial charge in [0.15, 0.2) is 0 Å². The zero-order valence-electron chi connectivity index (χ0n) is 15.3. The molecule has 0 saturated heterocycles. The number of nitrogens with zero attached hydrogens (tertiary/aromatic N) is 1. The van der Waals surface area contributed by atoms with Crippen molar-refractivity contribution < 1.29 is 19.4 Å². The van der Waals surface area contributed by atoms with Crippen LogP contribution < -0.4 is 5.32 Å². The number of allylic oxidation sites excluding steroid dienone is 2. The maximum atomic E-state index is 10.9. The van der Waals surface area contributed by atoms with Gasteiger partial charge in [-0.05, 0) is 25.5 Å². The third kappa shape index (κ3) is 10.1. The lowest BCUT2D eigenvalue weighted by Gasteiger charge is -2.19. The van der Waals surface area contributed by atoms with Crippen molar-refractivity contribution in [1.82, 2.24) is 10.2 Å². The van der Waals surface area contributed by atoms with Crippen molar-refractivity contribution in [2.24, 2.45) is 0 Å². The van der Waals surface area contributed by atoms with E-state index in [1.165, 1.54) is 17.6 Å². The molecule has 1 aliphatic heterocycles. The molecule has 1 amide bonds. The first-order chi connectivity index (χ1) is 11.9. The molecular weight excluding hydrogens is 388 g/mol. The summed E-state index contributed by atoms with van der Waals surface area (Å²) in [7, 11) is 3.17. The number of esters is 1. The Balaban J connectivity index is 0.000000504. The largest absolute Gasteiger partial charge is 0.468 e. The molecule has 25 heavy (non-hydrogen) atoms. The summed E-state index contributed by atoms with van der Waals surface area (Å²) < 4.78 is 4.55. The Morgan fingerprint density at radius 1 is 1.52 bits per heavy atom. The second kappa shape index (κ2) is 13.7. The lowest BCUT2D eigenvalue weighted by atomic mass is 10.2. The molecule has 0 aromatic carbocycles. The summed E-state index contributed by atoms with van der Waals surface area (Å²) in [6, 6.07) is -0.130. The van der Waals surface area contributed by atoms with E-state index in [-0.39, 0.29) is 12.0 Å². The molecule has 142 valence electrons. The Morgan fingerprint density at radius 2 is 2.20 bits per heavy atom. The second-order valence-corrected chi connectivity index (χ2v) is 6.14. The summed E-state index contributed by atoms with van der Waals surface area (Å²) in [5.41, 5.74) is 2.00. The van der Waals surface area contributed by atoms with Crippen LogP contribution in [-0.2, 0) is 9.53 Å². The maximum absolute atomic E-state index is 10.9. The third-order valence-electron chi connectivity index (χ3n) is 3.61. The fourth-order valence-corrected chi connectivity index (χ4v) is 2.61. The van der Waals surface area contributed by atoms with Crippen LogP contribution >= 0.6 is 15.9 Å². The van der Waals surface area contributed by atoms with Gasteiger partial charge in [0.1, 0.15) is 6.04 Å². The minimum Gasteiger partial charge on any atom is -0.468 e. The van der Waals surface area contributed by atoms with Gasteiger partial charge in [0.05, 0.1) is 7.11 Å². The summed E-state index contributed by atoms with van der Waals surface area (Å²) in [5.74, 6) is -0.177. The van der Waals surface area contributed by atoms with Crippen LogP contribution in [0, 0.1) is 0 Å². The first-order valence-corrected chi connectivity index (χ1v) is 9.34. The Labute approximate surface area is 158 Å². The molecule has 0 aromatic rings. The topological polar surface area (TPSA) is 78.9 Å². The van der Waals surface area contributed by atoms with E-state index in [4.69, 9.17) is 5.11 Å². The van der Waals surface area contributed by atoms with Gasteiger partial charge in [-0.25, -0.2) is 4.79 Å². The average molecular weight is 417 g/mol. The van der Waals surface area contributed by atoms with E-state index in [2.05, 4.69) is 32.6 Å². The molecule has 1 rings (SSSR count). The number of hydrogen-bond acceptors (Lipinski definition) is 4. The number of halogens is 1. The molecule has 0 aromatic heterocycles. The number of hydrogen-bond donors (Lipinski definition) is 2. The number of ether oxygens (including phenoxy) is 1. The van der Waals surface area contributed by atoms with E-state index in [1.54, 1.807) is 7.05 Å². The van der Waals surface area contributed by atoms with Crippen molar-refractivity contribution in [3.8, 4) is 0 Å². The lowest BCUT2D eigenvalue weighted by molar-refractivity contribution is -0.143. The highest BCUT2D eigenvalue weighted by Gasteiger charge is 2.14. The Hall–Kier alpha value is -1.60. The molecule has 0 radical (unpaired) electrons. The molecule has 1 aliphatic rings. The molecule has 0 fully saturated rings. The van der Waals surface area contributed by atoms with Crippen molar-refractivity contribution in [1.29, 1.82) is 0 Å². The summed E-state index contributed by atoms with van der Waals surface area (Å²) in [6.45, 7) is 6.75. The molecule has 1 atom stereocenters. The summed E-state index contributed by atoms with van der Waals surface area (Å²) in [5, 5.41) is 12.6. The number of methoxy groups -OCH3 is 1. The first-order valence-electron chi connectivity index (χ1n) is 8.22. The number of nitrogens with one attached hydrogen (secondary N) is 1. The maximum Gasteiger partial charge on any atom is 0.407 e. The van der Waals surface area contributed by atoms with Crippen LogP contribution in [0.5, 0.6) is 0 Å². The quantitative estimate of drug-likeness (QED) is 0.530. The fraction of sp³-hybridized carbons (Fsp3) is 0.556. The average Bonchev–Trinajstić information content (AvgIpc) is 2.69. The summed E-state index contributed by atoms with van der Waals surface area (Å²) in [4.78, 5) is 23.1. The summed E-state index contributed by atoms with van der Waals surface area (Å²) in [6.07, 6.45) is 7.47. The van der Waals surface area contributed by atoms with Crippen LogP contribution in [0.1, 0.15) is 26.2 Å². The van der Waals surface area contributed by atoms with Crippen molar-refractivity contribution in [2.75, 3.05) is 32.6 Å². The number of carboxylic acid groups (broad SMARTS) is 1. The molecule has 7 heteroatoms. The monoisotopic (exact) mass is 416 g/mol. The highest BCUT2D eigenvalue weighted by Crippen LogP contribution is 2.11. The van der Waals surface area contributed by atoms with Crippen LogP contribution in [-0.4, -0.2) is 60.7 Å². The molecule has 0 saturated carbocycles. The molecule has 6 nitrogen and oxygen atoms in total. The van der Waals surface area contributed by atoms with Gasteiger partial charge in [-0.15, -0.1) is 0 Å². The highest BCUT2D eigenvalue weighted by atomic mass is 79.9. The van der Waals surface area contributed by atoms with E-state index in [0.29, 0.717) is 13.1 Å². The number of amides is 1. The number of rotatable bonds is 5. The predicted molar refractivity (Wildman–Crippen MR) is 104 cm³/mol. The van der Waals surface area contributed by atoms with Crippen LogP contribution in [0.15, 0.2) is 36.0 Å². The third-order valence-corrected chi connectivity index (χ3v) is 4.33. The van der Waals surface area contributed by atoms with Gasteiger partial charge in [0.25, 0.3) is 0 Å². The zero-order valence-corrected chi connectivity index (χ0v) is 16.8. The van der Waals surface area contributed by atoms with Crippen LogP contribution in [0.3, 0.4) is 0 Å². The number of alkyl halides is 1. The van der Waals surface area contributed by atoms with E-state index in [1.807, 2.05) is 25.2 Å². The van der Waals surface area contributed by atoms with Crippen LogP contribution in [0.4, 0.5) is 4.79 Å². The first kappa shape index (κ1) is 23.4. The Bertz CT molecular complexity index is 503. The van der Waals surface area contributed by atoms with Gasteiger partial charge in [-0.2, -0.15) is 0 Å². The smallest absolute Gasteiger partial charge is 0.407 e. The van der Waals surface area contributed by atoms with E-state index in [0.717, 1.165) is 30.2 Å².